The van der Waals surface area contributed by atoms with Crippen LogP contribution in [0, 0.1) is 0 Å². The SMILES string of the molecule is CCCC(C)(O)CNC(=O)C(N)CC(N)=O. The maximum absolute atomic E-state index is 11.4. The lowest BCUT2D eigenvalue weighted by atomic mass is 10.0. The average Bonchev–Trinajstić information content (AvgIpc) is 2.13. The van der Waals surface area contributed by atoms with Gasteiger partial charge in [0.05, 0.1) is 18.1 Å². The maximum atomic E-state index is 11.4. The monoisotopic (exact) mass is 231 g/mol. The Labute approximate surface area is 95.4 Å². The predicted octanol–water partition coefficient (Wildman–Crippen LogP) is -1.14. The lowest BCUT2D eigenvalue weighted by Gasteiger charge is -2.23. The summed E-state index contributed by atoms with van der Waals surface area (Å²) >= 11 is 0. The number of hydrogen-bond acceptors (Lipinski definition) is 4. The van der Waals surface area contributed by atoms with Gasteiger partial charge < -0.3 is 21.9 Å². The molecule has 2 amide bonds. The molecule has 6 N–H and O–H groups in total. The standard InChI is InChI=1S/C10H21N3O3/c1-3-4-10(2,16)6-13-9(15)7(11)5-8(12)14/h7,16H,3-6,11H2,1-2H3,(H2,12,14)(H,13,15). The number of carbonyl (C=O) groups is 2. The molecule has 0 saturated heterocycles. The molecule has 0 saturated carbocycles. The van der Waals surface area contributed by atoms with Gasteiger partial charge in [-0.25, -0.2) is 0 Å². The Morgan fingerprint density at radius 2 is 2.06 bits per heavy atom. The van der Waals surface area contributed by atoms with Crippen LogP contribution in [0.2, 0.25) is 0 Å². The van der Waals surface area contributed by atoms with E-state index in [-0.39, 0.29) is 13.0 Å². The summed E-state index contributed by atoms with van der Waals surface area (Å²) < 4.78 is 0. The number of hydrogen-bond donors (Lipinski definition) is 4. The fourth-order valence-electron chi connectivity index (χ4n) is 1.35. The van der Waals surface area contributed by atoms with Crippen molar-refractivity contribution in [2.45, 2.75) is 44.8 Å². The normalized spacial score (nSPS) is 16.2. The van der Waals surface area contributed by atoms with E-state index in [2.05, 4.69) is 5.32 Å². The number of carbonyl (C=O) groups excluding carboxylic acids is 2. The molecule has 0 aromatic heterocycles. The van der Waals surface area contributed by atoms with E-state index in [4.69, 9.17) is 11.5 Å². The molecular weight excluding hydrogens is 210 g/mol. The van der Waals surface area contributed by atoms with Gasteiger partial charge in [-0.1, -0.05) is 13.3 Å². The lowest BCUT2D eigenvalue weighted by molar-refractivity contribution is -0.127. The summed E-state index contributed by atoms with van der Waals surface area (Å²) in [5.41, 5.74) is 9.39. The van der Waals surface area contributed by atoms with Crippen molar-refractivity contribution in [2.75, 3.05) is 6.54 Å². The highest BCUT2D eigenvalue weighted by molar-refractivity contribution is 5.87. The molecule has 0 radical (unpaired) electrons. The van der Waals surface area contributed by atoms with Crippen LogP contribution in [-0.4, -0.2) is 35.1 Å². The quantitative estimate of drug-likeness (QED) is 0.442. The molecular formula is C10H21N3O3. The maximum Gasteiger partial charge on any atom is 0.237 e. The smallest absolute Gasteiger partial charge is 0.237 e. The molecule has 0 fully saturated rings. The molecule has 6 heteroatoms. The molecule has 16 heavy (non-hydrogen) atoms. The Bertz CT molecular complexity index is 254. The van der Waals surface area contributed by atoms with Crippen molar-refractivity contribution in [3.05, 3.63) is 0 Å². The average molecular weight is 231 g/mol. The van der Waals surface area contributed by atoms with E-state index in [0.717, 1.165) is 6.42 Å². The summed E-state index contributed by atoms with van der Waals surface area (Å²) in [5.74, 6) is -1.10. The molecule has 2 atom stereocenters. The Kier molecular flexibility index (Phi) is 5.98. The van der Waals surface area contributed by atoms with Crippen molar-refractivity contribution in [1.82, 2.24) is 5.32 Å². The largest absolute Gasteiger partial charge is 0.388 e. The molecule has 0 aromatic rings. The highest BCUT2D eigenvalue weighted by Gasteiger charge is 2.22. The molecule has 0 spiro atoms. The molecule has 0 bridgehead atoms. The first kappa shape index (κ1) is 14.9. The van der Waals surface area contributed by atoms with E-state index in [1.807, 2.05) is 6.92 Å². The van der Waals surface area contributed by atoms with Gasteiger partial charge in [0.15, 0.2) is 0 Å². The lowest BCUT2D eigenvalue weighted by Crippen LogP contribution is -2.48. The van der Waals surface area contributed by atoms with E-state index >= 15 is 0 Å². The highest BCUT2D eigenvalue weighted by atomic mass is 16.3. The second-order valence-electron chi connectivity index (χ2n) is 4.24. The summed E-state index contributed by atoms with van der Waals surface area (Å²) in [5, 5.41) is 12.3. The summed E-state index contributed by atoms with van der Waals surface area (Å²) in [6, 6.07) is -0.949. The van der Waals surface area contributed by atoms with Crippen LogP contribution in [0.5, 0.6) is 0 Å². The van der Waals surface area contributed by atoms with E-state index in [1.165, 1.54) is 0 Å². The third-order valence-corrected chi connectivity index (χ3v) is 2.19. The van der Waals surface area contributed by atoms with Crippen molar-refractivity contribution in [3.8, 4) is 0 Å². The zero-order valence-electron chi connectivity index (χ0n) is 9.82. The van der Waals surface area contributed by atoms with Crippen LogP contribution in [-0.2, 0) is 9.59 Å². The Morgan fingerprint density at radius 3 is 2.50 bits per heavy atom. The van der Waals surface area contributed by atoms with Crippen molar-refractivity contribution in [3.63, 3.8) is 0 Å². The topological polar surface area (TPSA) is 118 Å². The molecule has 0 rings (SSSR count). The van der Waals surface area contributed by atoms with Crippen LogP contribution in [0.25, 0.3) is 0 Å². The fraction of sp³-hybridized carbons (Fsp3) is 0.800. The van der Waals surface area contributed by atoms with Crippen LogP contribution >= 0.6 is 0 Å². The first-order chi connectivity index (χ1) is 7.28. The zero-order valence-corrected chi connectivity index (χ0v) is 9.82. The summed E-state index contributed by atoms with van der Waals surface area (Å²) in [6.07, 6.45) is 1.20. The van der Waals surface area contributed by atoms with Crippen molar-refractivity contribution in [2.24, 2.45) is 11.5 Å². The van der Waals surface area contributed by atoms with Gasteiger partial charge in [0.2, 0.25) is 11.8 Å². The van der Waals surface area contributed by atoms with Gasteiger partial charge in [0, 0.05) is 6.54 Å². The van der Waals surface area contributed by atoms with Gasteiger partial charge in [0.1, 0.15) is 0 Å². The van der Waals surface area contributed by atoms with Gasteiger partial charge in [0.25, 0.3) is 0 Å². The summed E-state index contributed by atoms with van der Waals surface area (Å²) in [6.45, 7) is 3.69. The number of aliphatic hydroxyl groups is 1. The van der Waals surface area contributed by atoms with Crippen molar-refractivity contribution < 1.29 is 14.7 Å². The minimum absolute atomic E-state index is 0.117. The van der Waals surface area contributed by atoms with Crippen molar-refractivity contribution in [1.29, 1.82) is 0 Å². The third-order valence-electron chi connectivity index (χ3n) is 2.19. The Morgan fingerprint density at radius 1 is 1.50 bits per heavy atom. The molecule has 0 aliphatic heterocycles. The van der Waals surface area contributed by atoms with Gasteiger partial charge in [-0.05, 0) is 13.3 Å². The minimum atomic E-state index is -0.949. The number of amides is 2. The van der Waals surface area contributed by atoms with Crippen LogP contribution < -0.4 is 16.8 Å². The van der Waals surface area contributed by atoms with E-state index in [9.17, 15) is 14.7 Å². The molecule has 2 unspecified atom stereocenters. The minimum Gasteiger partial charge on any atom is -0.388 e. The molecule has 94 valence electrons. The second-order valence-corrected chi connectivity index (χ2v) is 4.24. The van der Waals surface area contributed by atoms with Gasteiger partial charge in [-0.3, -0.25) is 9.59 Å². The van der Waals surface area contributed by atoms with Crippen LogP contribution in [0.3, 0.4) is 0 Å². The van der Waals surface area contributed by atoms with Gasteiger partial charge >= 0.3 is 0 Å². The van der Waals surface area contributed by atoms with Gasteiger partial charge in [-0.15, -0.1) is 0 Å². The Balaban J connectivity index is 4.01. The summed E-state index contributed by atoms with van der Waals surface area (Å²) in [7, 11) is 0. The van der Waals surface area contributed by atoms with E-state index < -0.39 is 23.5 Å². The molecule has 0 aromatic carbocycles. The van der Waals surface area contributed by atoms with Gasteiger partial charge in [-0.2, -0.15) is 0 Å². The number of primary amides is 1. The Hall–Kier alpha value is -1.14. The predicted molar refractivity (Wildman–Crippen MR) is 60.3 cm³/mol. The highest BCUT2D eigenvalue weighted by Crippen LogP contribution is 2.09. The van der Waals surface area contributed by atoms with Crippen LogP contribution in [0.4, 0.5) is 0 Å². The fourth-order valence-corrected chi connectivity index (χ4v) is 1.35. The first-order valence-corrected chi connectivity index (χ1v) is 5.32. The van der Waals surface area contributed by atoms with Crippen LogP contribution in [0.1, 0.15) is 33.1 Å². The molecule has 0 aliphatic rings. The second kappa shape index (κ2) is 6.44. The van der Waals surface area contributed by atoms with Crippen molar-refractivity contribution >= 4 is 11.8 Å². The number of nitrogens with two attached hydrogens (primary N) is 2. The molecule has 0 heterocycles. The zero-order chi connectivity index (χ0) is 12.8. The third kappa shape index (κ3) is 6.36. The molecule has 6 nitrogen and oxygen atoms in total. The number of rotatable bonds is 7. The van der Waals surface area contributed by atoms with E-state index in [1.54, 1.807) is 6.92 Å². The number of nitrogens with one attached hydrogen (secondary N) is 1. The first-order valence-electron chi connectivity index (χ1n) is 5.32. The summed E-state index contributed by atoms with van der Waals surface area (Å²) in [4.78, 5) is 21.9. The molecule has 0 aliphatic carbocycles. The van der Waals surface area contributed by atoms with Crippen LogP contribution in [0.15, 0.2) is 0 Å². The van der Waals surface area contributed by atoms with E-state index in [0.29, 0.717) is 6.42 Å².